The van der Waals surface area contributed by atoms with Gasteiger partial charge in [-0.25, -0.2) is 27.3 Å². The van der Waals surface area contributed by atoms with Crippen LogP contribution in [0.3, 0.4) is 0 Å². The molecule has 0 saturated heterocycles. The summed E-state index contributed by atoms with van der Waals surface area (Å²) in [5, 5.41) is 7.35. The van der Waals surface area contributed by atoms with Crippen molar-refractivity contribution < 1.29 is 17.6 Å². The highest BCUT2D eigenvalue weighted by atomic mass is 32.2. The quantitative estimate of drug-likeness (QED) is 0.648. The summed E-state index contributed by atoms with van der Waals surface area (Å²) < 4.78 is 38.7. The van der Waals surface area contributed by atoms with Crippen molar-refractivity contribution in [3.63, 3.8) is 0 Å². The molecule has 3 aromatic rings. The number of rotatable bonds is 4. The highest BCUT2D eigenvalue weighted by Crippen LogP contribution is 2.32. The third-order valence-electron chi connectivity index (χ3n) is 5.61. The fraction of sp³-hybridized carbons (Fsp3) is 0.318. The minimum absolute atomic E-state index is 0.0368. The van der Waals surface area contributed by atoms with E-state index in [0.717, 1.165) is 30.5 Å². The maximum absolute atomic E-state index is 13.3. The number of nitrogens with zero attached hydrogens (tertiary/aromatic N) is 4. The largest absolute Gasteiger partial charge is 0.331 e. The highest BCUT2D eigenvalue weighted by molar-refractivity contribution is 7.90. The molecule has 0 bridgehead atoms. The molecule has 1 aromatic carbocycles. The van der Waals surface area contributed by atoms with E-state index in [0.29, 0.717) is 11.3 Å². The summed E-state index contributed by atoms with van der Waals surface area (Å²) in [6.45, 7) is 3.76. The van der Waals surface area contributed by atoms with Crippen LogP contribution in [-0.2, 0) is 16.3 Å². The van der Waals surface area contributed by atoms with Crippen molar-refractivity contribution in [3.05, 3.63) is 65.9 Å². The van der Waals surface area contributed by atoms with Gasteiger partial charge in [0.05, 0.1) is 29.3 Å². The van der Waals surface area contributed by atoms with Gasteiger partial charge in [-0.3, -0.25) is 4.90 Å². The fourth-order valence-electron chi connectivity index (χ4n) is 3.86. The standard InChI is InChI=1S/C22H24FN5O3S/c1-14-4-9-19-20(13-25-28(19)18-7-5-17(23)6-8-18)27(14)22(29)26-15(2)16-10-11-24-21(12-16)32(3,30)31/h5-8,10-15H,4,9H2,1-3H3,(H,26,29). The molecule has 0 spiro atoms. The van der Waals surface area contributed by atoms with Crippen LogP contribution in [0.5, 0.6) is 0 Å². The smallest absolute Gasteiger partial charge is 0.322 e. The van der Waals surface area contributed by atoms with Crippen LogP contribution in [0.25, 0.3) is 5.69 Å². The zero-order valence-corrected chi connectivity index (χ0v) is 18.8. The second kappa shape index (κ2) is 8.34. The van der Waals surface area contributed by atoms with Gasteiger partial charge in [0.1, 0.15) is 5.82 Å². The number of carbonyl (C=O) groups is 1. The van der Waals surface area contributed by atoms with Crippen LogP contribution < -0.4 is 10.2 Å². The molecule has 0 radical (unpaired) electrons. The molecule has 0 saturated carbocycles. The third-order valence-corrected chi connectivity index (χ3v) is 6.60. The topological polar surface area (TPSA) is 97.2 Å². The third kappa shape index (κ3) is 4.22. The molecule has 8 nitrogen and oxygen atoms in total. The van der Waals surface area contributed by atoms with Crippen molar-refractivity contribution in [2.45, 2.75) is 43.8 Å². The van der Waals surface area contributed by atoms with Gasteiger partial charge in [-0.15, -0.1) is 0 Å². The molecule has 32 heavy (non-hydrogen) atoms. The van der Waals surface area contributed by atoms with E-state index in [1.165, 1.54) is 24.4 Å². The molecule has 2 amide bonds. The number of aromatic nitrogens is 3. The number of hydrogen-bond acceptors (Lipinski definition) is 5. The number of fused-ring (bicyclic) bond motifs is 1. The first-order valence-corrected chi connectivity index (χ1v) is 12.1. The van der Waals surface area contributed by atoms with Crippen LogP contribution >= 0.6 is 0 Å². The monoisotopic (exact) mass is 457 g/mol. The van der Waals surface area contributed by atoms with Crippen LogP contribution in [-0.4, -0.2) is 41.5 Å². The molecule has 1 aliphatic heterocycles. The Balaban J connectivity index is 1.59. The predicted molar refractivity (Wildman–Crippen MR) is 118 cm³/mol. The number of anilines is 1. The molecule has 2 unspecified atom stereocenters. The number of amides is 2. The Hall–Kier alpha value is -3.27. The van der Waals surface area contributed by atoms with Crippen molar-refractivity contribution in [1.82, 2.24) is 20.1 Å². The van der Waals surface area contributed by atoms with E-state index in [9.17, 15) is 17.6 Å². The summed E-state index contributed by atoms with van der Waals surface area (Å²) in [6, 6.07) is 8.41. The lowest BCUT2D eigenvalue weighted by atomic mass is 10.0. The molecular formula is C22H24FN5O3S. The average Bonchev–Trinajstić information content (AvgIpc) is 3.17. The Morgan fingerprint density at radius 1 is 1.25 bits per heavy atom. The molecule has 1 aliphatic rings. The summed E-state index contributed by atoms with van der Waals surface area (Å²) >= 11 is 0. The molecule has 2 atom stereocenters. The molecule has 1 N–H and O–H groups in total. The number of benzene rings is 1. The normalized spacial score (nSPS) is 17.0. The lowest BCUT2D eigenvalue weighted by Crippen LogP contribution is -2.48. The van der Waals surface area contributed by atoms with Gasteiger partial charge < -0.3 is 5.32 Å². The summed E-state index contributed by atoms with van der Waals surface area (Å²) in [4.78, 5) is 18.8. The zero-order chi connectivity index (χ0) is 23.0. The van der Waals surface area contributed by atoms with E-state index in [1.54, 1.807) is 40.9 Å². The van der Waals surface area contributed by atoms with Crippen LogP contribution in [0, 0.1) is 5.82 Å². The maximum Gasteiger partial charge on any atom is 0.322 e. The van der Waals surface area contributed by atoms with E-state index in [2.05, 4.69) is 15.4 Å². The van der Waals surface area contributed by atoms with Gasteiger partial charge >= 0.3 is 6.03 Å². The Labute approximate surface area is 186 Å². The van der Waals surface area contributed by atoms with Crippen molar-refractivity contribution in [2.24, 2.45) is 0 Å². The Bertz CT molecular complexity index is 1260. The first-order valence-electron chi connectivity index (χ1n) is 10.2. The number of pyridine rings is 1. The second-order valence-corrected chi connectivity index (χ2v) is 9.96. The number of urea groups is 1. The molecule has 2 aromatic heterocycles. The number of sulfone groups is 1. The van der Waals surface area contributed by atoms with E-state index < -0.39 is 15.9 Å². The number of halogens is 1. The fourth-order valence-corrected chi connectivity index (χ4v) is 4.46. The van der Waals surface area contributed by atoms with Crippen LogP contribution in [0.2, 0.25) is 0 Å². The van der Waals surface area contributed by atoms with E-state index in [4.69, 9.17) is 0 Å². The number of carbonyl (C=O) groups excluding carboxylic acids is 1. The van der Waals surface area contributed by atoms with E-state index >= 15 is 0 Å². The zero-order valence-electron chi connectivity index (χ0n) is 18.0. The molecule has 3 heterocycles. The predicted octanol–water partition coefficient (Wildman–Crippen LogP) is 3.42. The molecule has 0 fully saturated rings. The first-order chi connectivity index (χ1) is 15.1. The van der Waals surface area contributed by atoms with Gasteiger partial charge in [0.15, 0.2) is 14.9 Å². The highest BCUT2D eigenvalue weighted by Gasteiger charge is 2.32. The summed E-state index contributed by atoms with van der Waals surface area (Å²) in [7, 11) is -3.45. The molecule has 0 aliphatic carbocycles. The van der Waals surface area contributed by atoms with Crippen molar-refractivity contribution >= 4 is 21.6 Å². The summed E-state index contributed by atoms with van der Waals surface area (Å²) in [5.74, 6) is -0.325. The van der Waals surface area contributed by atoms with Crippen molar-refractivity contribution in [2.75, 3.05) is 11.2 Å². The van der Waals surface area contributed by atoms with Crippen molar-refractivity contribution in [1.29, 1.82) is 0 Å². The van der Waals surface area contributed by atoms with Crippen molar-refractivity contribution in [3.8, 4) is 5.69 Å². The summed E-state index contributed by atoms with van der Waals surface area (Å²) in [5.41, 5.74) is 2.94. The van der Waals surface area contributed by atoms with Gasteiger partial charge in [-0.05, 0) is 68.7 Å². The minimum atomic E-state index is -3.45. The molecule has 168 valence electrons. The van der Waals surface area contributed by atoms with Gasteiger partial charge in [0, 0.05) is 18.5 Å². The molecule has 4 rings (SSSR count). The van der Waals surface area contributed by atoms with Crippen LogP contribution in [0.1, 0.15) is 37.6 Å². The lowest BCUT2D eigenvalue weighted by molar-refractivity contribution is 0.240. The minimum Gasteiger partial charge on any atom is -0.331 e. The second-order valence-electron chi connectivity index (χ2n) is 7.99. The van der Waals surface area contributed by atoms with E-state index in [-0.39, 0.29) is 22.9 Å². The molecule has 10 heteroatoms. The van der Waals surface area contributed by atoms with Gasteiger partial charge in [-0.1, -0.05) is 0 Å². The SMILES string of the molecule is CC(NC(=O)N1c2cnn(-c3ccc(F)cc3)c2CCC1C)c1ccnc(S(C)(=O)=O)c1. The van der Waals surface area contributed by atoms with Gasteiger partial charge in [-0.2, -0.15) is 5.10 Å². The lowest BCUT2D eigenvalue weighted by Gasteiger charge is -2.34. The number of hydrogen-bond donors (Lipinski definition) is 1. The molecular weight excluding hydrogens is 433 g/mol. The Kier molecular flexibility index (Phi) is 5.72. The van der Waals surface area contributed by atoms with Gasteiger partial charge in [0.2, 0.25) is 0 Å². The average molecular weight is 458 g/mol. The van der Waals surface area contributed by atoms with E-state index in [1.807, 2.05) is 6.92 Å². The van der Waals surface area contributed by atoms with Crippen LogP contribution in [0.4, 0.5) is 14.9 Å². The van der Waals surface area contributed by atoms with Gasteiger partial charge in [0.25, 0.3) is 0 Å². The number of nitrogens with one attached hydrogen (secondary N) is 1. The first kappa shape index (κ1) is 21.9. The maximum atomic E-state index is 13.3. The van der Waals surface area contributed by atoms with Crippen LogP contribution in [0.15, 0.2) is 53.8 Å². The summed E-state index contributed by atoms with van der Waals surface area (Å²) in [6.07, 6.45) is 5.64. The Morgan fingerprint density at radius 2 is 1.97 bits per heavy atom. The Morgan fingerprint density at radius 3 is 2.66 bits per heavy atom.